The highest BCUT2D eigenvalue weighted by Crippen LogP contribution is 2.15. The molecule has 4 nitrogen and oxygen atoms in total. The van der Waals surface area contributed by atoms with Gasteiger partial charge in [0.25, 0.3) is 0 Å². The molecule has 2 aromatic rings. The molecule has 1 amide bonds. The number of aromatic amines is 1. The van der Waals surface area contributed by atoms with Crippen molar-refractivity contribution in [2.45, 2.75) is 13.3 Å². The highest BCUT2D eigenvalue weighted by molar-refractivity contribution is 5.82. The molecule has 1 heterocycles. The zero-order chi connectivity index (χ0) is 11.5. The molecular weight excluding hydrogens is 202 g/mol. The van der Waals surface area contributed by atoms with E-state index in [1.807, 2.05) is 25.1 Å². The van der Waals surface area contributed by atoms with Gasteiger partial charge >= 0.3 is 0 Å². The van der Waals surface area contributed by atoms with Crippen LogP contribution in [0.4, 0.5) is 0 Å². The van der Waals surface area contributed by atoms with Crippen molar-refractivity contribution in [1.82, 2.24) is 10.2 Å². The lowest BCUT2D eigenvalue weighted by atomic mass is 10.1. The fourth-order valence-electron chi connectivity index (χ4n) is 1.46. The van der Waals surface area contributed by atoms with Crippen LogP contribution in [-0.4, -0.2) is 16.1 Å². The topological polar surface area (TPSA) is 71.8 Å². The molecule has 16 heavy (non-hydrogen) atoms. The Morgan fingerprint density at radius 2 is 2.38 bits per heavy atom. The summed E-state index contributed by atoms with van der Waals surface area (Å²) in [7, 11) is 0. The van der Waals surface area contributed by atoms with Crippen LogP contribution in [0.25, 0.3) is 10.9 Å². The number of hydrogen-bond acceptors (Lipinski definition) is 2. The van der Waals surface area contributed by atoms with Gasteiger partial charge in [-0.3, -0.25) is 9.89 Å². The van der Waals surface area contributed by atoms with Crippen molar-refractivity contribution >= 4 is 16.8 Å². The molecule has 80 valence electrons. The second-order valence-electron chi connectivity index (χ2n) is 3.53. The van der Waals surface area contributed by atoms with E-state index in [0.717, 1.165) is 22.2 Å². The third kappa shape index (κ3) is 2.04. The van der Waals surface area contributed by atoms with Gasteiger partial charge in [-0.05, 0) is 25.1 Å². The minimum atomic E-state index is -0.413. The molecule has 0 fully saturated rings. The first-order chi connectivity index (χ1) is 7.66. The number of aryl methyl sites for hydroxylation is 1. The SMILES string of the molecule is Cc1[nH]nc2cc(C#CCC(N)=O)ccc12. The van der Waals surface area contributed by atoms with Crippen LogP contribution >= 0.6 is 0 Å². The Morgan fingerprint density at radius 1 is 1.56 bits per heavy atom. The first kappa shape index (κ1) is 10.2. The number of nitrogens with zero attached hydrogens (tertiary/aromatic N) is 1. The standard InChI is InChI=1S/C12H11N3O/c1-8-10-6-5-9(3-2-4-12(13)16)7-11(10)15-14-8/h5-7H,4H2,1H3,(H2,13,16)(H,14,15). The molecule has 3 N–H and O–H groups in total. The van der Waals surface area contributed by atoms with Crippen molar-refractivity contribution in [3.05, 3.63) is 29.5 Å². The van der Waals surface area contributed by atoms with E-state index in [0.29, 0.717) is 0 Å². The summed E-state index contributed by atoms with van der Waals surface area (Å²) in [6.07, 6.45) is 0.0810. The van der Waals surface area contributed by atoms with E-state index in [-0.39, 0.29) is 6.42 Å². The van der Waals surface area contributed by atoms with E-state index in [1.165, 1.54) is 0 Å². The Hall–Kier alpha value is -2.28. The summed E-state index contributed by atoms with van der Waals surface area (Å²) in [5.41, 5.74) is 7.74. The van der Waals surface area contributed by atoms with Crippen LogP contribution in [0.1, 0.15) is 17.7 Å². The number of primary amides is 1. The minimum absolute atomic E-state index is 0.0810. The molecule has 0 aliphatic rings. The fourth-order valence-corrected chi connectivity index (χ4v) is 1.46. The number of carbonyl (C=O) groups is 1. The number of nitrogens with two attached hydrogens (primary N) is 1. The number of aromatic nitrogens is 2. The summed E-state index contributed by atoms with van der Waals surface area (Å²) in [5, 5.41) is 8.13. The Labute approximate surface area is 92.8 Å². The largest absolute Gasteiger partial charge is 0.369 e. The Kier molecular flexibility index (Phi) is 2.61. The highest BCUT2D eigenvalue weighted by Gasteiger charge is 2.00. The number of rotatable bonds is 1. The lowest BCUT2D eigenvalue weighted by Crippen LogP contribution is -2.08. The molecule has 4 heteroatoms. The Bertz CT molecular complexity index is 601. The summed E-state index contributed by atoms with van der Waals surface area (Å²) in [6, 6.07) is 5.74. The fraction of sp³-hybridized carbons (Fsp3) is 0.167. The second kappa shape index (κ2) is 4.07. The minimum Gasteiger partial charge on any atom is -0.369 e. The van der Waals surface area contributed by atoms with Crippen LogP contribution in [0, 0.1) is 18.8 Å². The van der Waals surface area contributed by atoms with E-state index in [9.17, 15) is 4.79 Å². The van der Waals surface area contributed by atoms with E-state index >= 15 is 0 Å². The lowest BCUT2D eigenvalue weighted by molar-refractivity contribution is -0.117. The summed E-state index contributed by atoms with van der Waals surface area (Å²) in [4.78, 5) is 10.5. The van der Waals surface area contributed by atoms with Crippen LogP contribution in [0.15, 0.2) is 18.2 Å². The van der Waals surface area contributed by atoms with Gasteiger partial charge in [-0.2, -0.15) is 5.10 Å². The van der Waals surface area contributed by atoms with Gasteiger partial charge in [0, 0.05) is 16.6 Å². The number of benzene rings is 1. The van der Waals surface area contributed by atoms with Gasteiger partial charge in [-0.15, -0.1) is 0 Å². The maximum absolute atomic E-state index is 10.5. The molecule has 0 saturated carbocycles. The molecular formula is C12H11N3O. The van der Waals surface area contributed by atoms with Crippen LogP contribution in [0.2, 0.25) is 0 Å². The number of carbonyl (C=O) groups excluding carboxylic acids is 1. The van der Waals surface area contributed by atoms with Crippen LogP contribution < -0.4 is 5.73 Å². The molecule has 2 rings (SSSR count). The maximum Gasteiger partial charge on any atom is 0.229 e. The maximum atomic E-state index is 10.5. The van der Waals surface area contributed by atoms with Crippen LogP contribution in [-0.2, 0) is 4.79 Å². The van der Waals surface area contributed by atoms with Crippen molar-refractivity contribution in [3.63, 3.8) is 0 Å². The van der Waals surface area contributed by atoms with Gasteiger partial charge in [-0.1, -0.05) is 11.8 Å². The molecule has 1 aromatic carbocycles. The van der Waals surface area contributed by atoms with Gasteiger partial charge in [0.2, 0.25) is 5.91 Å². The zero-order valence-corrected chi connectivity index (χ0v) is 8.87. The van der Waals surface area contributed by atoms with Crippen molar-refractivity contribution in [3.8, 4) is 11.8 Å². The van der Waals surface area contributed by atoms with Crippen molar-refractivity contribution < 1.29 is 4.79 Å². The molecule has 0 spiro atoms. The Morgan fingerprint density at radius 3 is 3.12 bits per heavy atom. The monoisotopic (exact) mass is 213 g/mol. The summed E-state index contributed by atoms with van der Waals surface area (Å²) in [6.45, 7) is 1.97. The lowest BCUT2D eigenvalue weighted by Gasteiger charge is -1.91. The number of nitrogens with one attached hydrogen (secondary N) is 1. The first-order valence-corrected chi connectivity index (χ1v) is 4.89. The Balaban J connectivity index is 2.31. The smallest absolute Gasteiger partial charge is 0.229 e. The van der Waals surface area contributed by atoms with Crippen molar-refractivity contribution in [2.24, 2.45) is 5.73 Å². The number of fused-ring (bicyclic) bond motifs is 1. The summed E-state index contributed by atoms with van der Waals surface area (Å²) >= 11 is 0. The van der Waals surface area contributed by atoms with Gasteiger partial charge in [0.1, 0.15) is 0 Å². The van der Waals surface area contributed by atoms with E-state index < -0.39 is 5.91 Å². The third-order valence-corrected chi connectivity index (χ3v) is 2.24. The predicted octanol–water partition coefficient (Wildman–Crippen LogP) is 1.10. The van der Waals surface area contributed by atoms with E-state index in [4.69, 9.17) is 5.73 Å². The molecule has 0 bridgehead atoms. The molecule has 0 aliphatic carbocycles. The number of amides is 1. The van der Waals surface area contributed by atoms with Gasteiger partial charge in [0.05, 0.1) is 11.9 Å². The second-order valence-corrected chi connectivity index (χ2v) is 3.53. The third-order valence-electron chi connectivity index (χ3n) is 2.24. The number of H-pyrrole nitrogens is 1. The zero-order valence-electron chi connectivity index (χ0n) is 8.87. The molecule has 0 atom stereocenters. The van der Waals surface area contributed by atoms with Gasteiger partial charge < -0.3 is 5.73 Å². The summed E-state index contributed by atoms with van der Waals surface area (Å²) in [5.74, 6) is 5.17. The quantitative estimate of drug-likeness (QED) is 0.696. The normalized spacial score (nSPS) is 9.81. The number of hydrogen-bond donors (Lipinski definition) is 2. The van der Waals surface area contributed by atoms with Crippen LogP contribution in [0.5, 0.6) is 0 Å². The molecule has 1 aromatic heterocycles. The van der Waals surface area contributed by atoms with E-state index in [2.05, 4.69) is 22.0 Å². The molecule has 0 saturated heterocycles. The molecule has 0 unspecified atom stereocenters. The summed E-state index contributed by atoms with van der Waals surface area (Å²) < 4.78 is 0. The van der Waals surface area contributed by atoms with Gasteiger partial charge in [0.15, 0.2) is 0 Å². The molecule has 0 radical (unpaired) electrons. The molecule has 0 aliphatic heterocycles. The highest BCUT2D eigenvalue weighted by atomic mass is 16.1. The first-order valence-electron chi connectivity index (χ1n) is 4.89. The van der Waals surface area contributed by atoms with Gasteiger partial charge in [-0.25, -0.2) is 0 Å². The average Bonchev–Trinajstić information content (AvgIpc) is 2.60. The van der Waals surface area contributed by atoms with Crippen molar-refractivity contribution in [2.75, 3.05) is 0 Å². The van der Waals surface area contributed by atoms with E-state index in [1.54, 1.807) is 0 Å². The van der Waals surface area contributed by atoms with Crippen LogP contribution in [0.3, 0.4) is 0 Å². The predicted molar refractivity (Wildman–Crippen MR) is 61.5 cm³/mol. The van der Waals surface area contributed by atoms with Crippen molar-refractivity contribution in [1.29, 1.82) is 0 Å². The average molecular weight is 213 g/mol.